The molecule has 0 radical (unpaired) electrons. The minimum absolute atomic E-state index is 0.267. The number of fused-ring (bicyclic) bond motifs is 1. The van der Waals surface area contributed by atoms with Crippen molar-refractivity contribution in [3.63, 3.8) is 0 Å². The molecule has 9 heteroatoms. The van der Waals surface area contributed by atoms with Crippen molar-refractivity contribution in [1.29, 1.82) is 5.41 Å². The van der Waals surface area contributed by atoms with Gasteiger partial charge in [0.1, 0.15) is 34.6 Å². The van der Waals surface area contributed by atoms with E-state index in [1.807, 2.05) is 24.0 Å². The summed E-state index contributed by atoms with van der Waals surface area (Å²) in [5, 5.41) is 14.3. The molecule has 0 aromatic carbocycles. The first-order chi connectivity index (χ1) is 14.4. The smallest absolute Gasteiger partial charge is 0.141 e. The Morgan fingerprint density at radius 1 is 1.27 bits per heavy atom. The van der Waals surface area contributed by atoms with E-state index in [-0.39, 0.29) is 5.82 Å². The average Bonchev–Trinajstić information content (AvgIpc) is 3.08. The van der Waals surface area contributed by atoms with E-state index in [1.165, 1.54) is 6.33 Å². The van der Waals surface area contributed by atoms with Gasteiger partial charge in [-0.3, -0.25) is 4.90 Å². The van der Waals surface area contributed by atoms with E-state index in [4.69, 9.17) is 16.1 Å². The Kier molecular flexibility index (Phi) is 5.04. The highest BCUT2D eigenvalue weighted by atomic mass is 32.1. The number of amidine groups is 1. The zero-order valence-electron chi connectivity index (χ0n) is 17.0. The van der Waals surface area contributed by atoms with Crippen LogP contribution in [0.5, 0.6) is 0 Å². The van der Waals surface area contributed by atoms with Gasteiger partial charge in [-0.25, -0.2) is 19.9 Å². The number of nitrogen functional groups attached to an aromatic ring is 1. The van der Waals surface area contributed by atoms with Crippen LogP contribution in [0.1, 0.15) is 29.2 Å². The molecule has 0 fully saturated rings. The van der Waals surface area contributed by atoms with Crippen molar-refractivity contribution in [1.82, 2.24) is 15.0 Å². The van der Waals surface area contributed by atoms with Crippen LogP contribution in [0, 0.1) is 19.3 Å². The van der Waals surface area contributed by atoms with Crippen LogP contribution in [0.4, 0.5) is 22.5 Å². The van der Waals surface area contributed by atoms with E-state index >= 15 is 0 Å². The number of thiophene rings is 1. The SMILES string of the molecule is C=C1c2c(C)csc2N=C(CNc2ncnc(N)c2C(C)=N)N1c1ncccc1C. The molecule has 1 aliphatic rings. The molecule has 0 spiro atoms. The third-order valence-corrected chi connectivity index (χ3v) is 5.85. The predicted octanol–water partition coefficient (Wildman–Crippen LogP) is 4.15. The molecule has 0 unspecified atom stereocenters. The first-order valence-corrected chi connectivity index (χ1v) is 10.2. The first kappa shape index (κ1) is 19.7. The van der Waals surface area contributed by atoms with Crippen molar-refractivity contribution < 1.29 is 0 Å². The Labute approximate surface area is 178 Å². The van der Waals surface area contributed by atoms with E-state index in [1.54, 1.807) is 24.5 Å². The van der Waals surface area contributed by atoms with E-state index in [0.717, 1.165) is 39.0 Å². The number of pyridine rings is 1. The molecule has 4 rings (SSSR count). The molecule has 3 aromatic heterocycles. The van der Waals surface area contributed by atoms with Gasteiger partial charge in [-0.1, -0.05) is 12.6 Å². The van der Waals surface area contributed by atoms with Gasteiger partial charge < -0.3 is 16.5 Å². The zero-order chi connectivity index (χ0) is 21.4. The van der Waals surface area contributed by atoms with Crippen molar-refractivity contribution >= 4 is 51.0 Å². The molecule has 0 bridgehead atoms. The van der Waals surface area contributed by atoms with Gasteiger partial charge in [0.05, 0.1) is 17.8 Å². The molecule has 0 saturated heterocycles. The number of nitrogens with one attached hydrogen (secondary N) is 2. The number of aromatic nitrogens is 3. The lowest BCUT2D eigenvalue weighted by Gasteiger charge is -2.32. The second-order valence-electron chi connectivity index (χ2n) is 7.01. The maximum absolute atomic E-state index is 8.01. The molecule has 0 atom stereocenters. The van der Waals surface area contributed by atoms with Crippen molar-refractivity contribution in [3.05, 3.63) is 58.9 Å². The fraction of sp³-hybridized carbons (Fsp3) is 0.190. The van der Waals surface area contributed by atoms with Crippen LogP contribution in [-0.2, 0) is 0 Å². The molecule has 152 valence electrons. The average molecular weight is 419 g/mol. The molecule has 0 aliphatic carbocycles. The summed E-state index contributed by atoms with van der Waals surface area (Å²) in [6.07, 6.45) is 3.14. The standard InChI is InChI=1S/C21H22N8S/c1-11-6-5-7-24-20(11)29-14(4)16-12(2)9-30-21(16)28-15(29)8-25-19-17(13(3)22)18(23)26-10-27-19/h5-7,9-10,22H,4,8H2,1-3H3,(H3,23,25,26,27). The normalized spacial score (nSPS) is 13.1. The van der Waals surface area contributed by atoms with Gasteiger partial charge in [-0.2, -0.15) is 0 Å². The van der Waals surface area contributed by atoms with Crippen LogP contribution in [0.15, 0.2) is 41.6 Å². The maximum Gasteiger partial charge on any atom is 0.141 e. The third kappa shape index (κ3) is 3.33. The maximum atomic E-state index is 8.01. The molecule has 4 N–H and O–H groups in total. The number of aliphatic imine (C=N–C) groups is 1. The highest BCUT2D eigenvalue weighted by Gasteiger charge is 2.29. The molecular weight excluding hydrogens is 396 g/mol. The van der Waals surface area contributed by atoms with Gasteiger partial charge in [0, 0.05) is 17.5 Å². The molecule has 0 amide bonds. The molecule has 3 aromatic rings. The lowest BCUT2D eigenvalue weighted by Crippen LogP contribution is -2.37. The van der Waals surface area contributed by atoms with E-state index in [2.05, 4.69) is 39.2 Å². The van der Waals surface area contributed by atoms with Gasteiger partial charge in [-0.15, -0.1) is 11.3 Å². The Morgan fingerprint density at radius 3 is 2.80 bits per heavy atom. The van der Waals surface area contributed by atoms with Crippen molar-refractivity contribution in [2.24, 2.45) is 4.99 Å². The molecular formula is C21H22N8S. The molecule has 1 aliphatic heterocycles. The van der Waals surface area contributed by atoms with E-state index < -0.39 is 0 Å². The topological polar surface area (TPSA) is 116 Å². The lowest BCUT2D eigenvalue weighted by molar-refractivity contribution is 1.11. The molecule has 30 heavy (non-hydrogen) atoms. The molecule has 0 saturated carbocycles. The summed E-state index contributed by atoms with van der Waals surface area (Å²) >= 11 is 1.59. The van der Waals surface area contributed by atoms with Gasteiger partial charge in [0.15, 0.2) is 0 Å². The monoisotopic (exact) mass is 418 g/mol. The number of hydrogen-bond donors (Lipinski definition) is 3. The number of anilines is 3. The number of nitrogens with zero attached hydrogens (tertiary/aromatic N) is 5. The highest BCUT2D eigenvalue weighted by Crippen LogP contribution is 2.42. The second kappa shape index (κ2) is 7.68. The summed E-state index contributed by atoms with van der Waals surface area (Å²) in [6.45, 7) is 10.4. The number of nitrogens with two attached hydrogens (primary N) is 1. The summed E-state index contributed by atoms with van der Waals surface area (Å²) < 4.78 is 0. The van der Waals surface area contributed by atoms with Gasteiger partial charge in [-0.05, 0) is 43.3 Å². The van der Waals surface area contributed by atoms with Crippen LogP contribution in [0.25, 0.3) is 5.70 Å². The largest absolute Gasteiger partial charge is 0.383 e. The van der Waals surface area contributed by atoms with Crippen LogP contribution in [0.3, 0.4) is 0 Å². The van der Waals surface area contributed by atoms with Crippen molar-refractivity contribution in [2.75, 3.05) is 22.5 Å². The van der Waals surface area contributed by atoms with Crippen molar-refractivity contribution in [2.45, 2.75) is 20.8 Å². The van der Waals surface area contributed by atoms with Crippen LogP contribution in [-0.4, -0.2) is 33.0 Å². The van der Waals surface area contributed by atoms with E-state index in [0.29, 0.717) is 23.6 Å². The highest BCUT2D eigenvalue weighted by molar-refractivity contribution is 7.14. The third-order valence-electron chi connectivity index (χ3n) is 4.86. The lowest BCUT2D eigenvalue weighted by atomic mass is 10.1. The number of hydrogen-bond acceptors (Lipinski definition) is 9. The minimum atomic E-state index is 0.267. The minimum Gasteiger partial charge on any atom is -0.383 e. The summed E-state index contributed by atoms with van der Waals surface area (Å²) in [5.41, 5.74) is 10.8. The fourth-order valence-corrected chi connectivity index (χ4v) is 4.41. The predicted molar refractivity (Wildman–Crippen MR) is 124 cm³/mol. The van der Waals surface area contributed by atoms with Crippen LogP contribution >= 0.6 is 11.3 Å². The van der Waals surface area contributed by atoms with Crippen molar-refractivity contribution in [3.8, 4) is 0 Å². The van der Waals surface area contributed by atoms with Gasteiger partial charge >= 0.3 is 0 Å². The summed E-state index contributed by atoms with van der Waals surface area (Å²) in [5.74, 6) is 2.28. The Balaban J connectivity index is 1.76. The summed E-state index contributed by atoms with van der Waals surface area (Å²) in [4.78, 5) is 19.7. The summed E-state index contributed by atoms with van der Waals surface area (Å²) in [6, 6.07) is 3.92. The van der Waals surface area contributed by atoms with Crippen LogP contribution in [0.2, 0.25) is 0 Å². The summed E-state index contributed by atoms with van der Waals surface area (Å²) in [7, 11) is 0. The Morgan fingerprint density at radius 2 is 2.07 bits per heavy atom. The van der Waals surface area contributed by atoms with Crippen LogP contribution < -0.4 is 16.0 Å². The van der Waals surface area contributed by atoms with Gasteiger partial charge in [0.25, 0.3) is 0 Å². The van der Waals surface area contributed by atoms with Gasteiger partial charge in [0.2, 0.25) is 0 Å². The quantitative estimate of drug-likeness (QED) is 0.536. The first-order valence-electron chi connectivity index (χ1n) is 9.35. The van der Waals surface area contributed by atoms with E-state index in [9.17, 15) is 0 Å². The zero-order valence-corrected chi connectivity index (χ0v) is 17.8. The number of rotatable bonds is 5. The number of aryl methyl sites for hydroxylation is 2. The molecule has 8 nitrogen and oxygen atoms in total. The molecule has 4 heterocycles. The Bertz CT molecular complexity index is 1190. The fourth-order valence-electron chi connectivity index (χ4n) is 3.44. The Hall–Kier alpha value is -3.59. The second-order valence-corrected chi connectivity index (χ2v) is 7.87.